The molecule has 0 aromatic heterocycles. The van der Waals surface area contributed by atoms with Gasteiger partial charge in [0.05, 0.1) is 22.7 Å². The van der Waals surface area contributed by atoms with E-state index in [4.69, 9.17) is 23.2 Å². The molecular formula is C26H26Cl2F2N2O3. The highest BCUT2D eigenvalue weighted by Gasteiger charge is 2.66. The largest absolute Gasteiger partial charge is 0.480 e. The number of aliphatic hydroxyl groups is 1. The molecule has 2 aromatic rings. The van der Waals surface area contributed by atoms with Crippen molar-refractivity contribution in [1.82, 2.24) is 5.32 Å². The van der Waals surface area contributed by atoms with Crippen molar-refractivity contribution in [2.45, 2.75) is 68.0 Å². The van der Waals surface area contributed by atoms with Crippen LogP contribution < -0.4 is 5.32 Å². The molecule has 1 aliphatic carbocycles. The van der Waals surface area contributed by atoms with Crippen LogP contribution in [0.5, 0.6) is 0 Å². The summed E-state index contributed by atoms with van der Waals surface area (Å²) >= 11 is 12.0. The summed E-state index contributed by atoms with van der Waals surface area (Å²) in [6, 6.07) is 7.26. The maximum Gasteiger partial charge on any atom is 0.321 e. The molecule has 2 fully saturated rings. The van der Waals surface area contributed by atoms with Gasteiger partial charge in [-0.05, 0) is 49.4 Å². The van der Waals surface area contributed by atoms with E-state index < -0.39 is 46.6 Å². The molecule has 2 aromatic carbocycles. The number of aliphatic carboxylic acids is 1. The van der Waals surface area contributed by atoms with Crippen molar-refractivity contribution in [2.75, 3.05) is 0 Å². The first kappa shape index (κ1) is 25.8. The minimum Gasteiger partial charge on any atom is -0.480 e. The predicted molar refractivity (Wildman–Crippen MR) is 128 cm³/mol. The Hall–Kier alpha value is -2.24. The van der Waals surface area contributed by atoms with Crippen LogP contribution in [0.25, 0.3) is 0 Å². The highest BCUT2D eigenvalue weighted by atomic mass is 35.5. The van der Waals surface area contributed by atoms with E-state index in [1.165, 1.54) is 30.3 Å². The Balaban J connectivity index is 2.03. The molecule has 0 bridgehead atoms. The molecular weight excluding hydrogens is 497 g/mol. The summed E-state index contributed by atoms with van der Waals surface area (Å²) in [6.45, 7) is 1.55. The van der Waals surface area contributed by atoms with Crippen molar-refractivity contribution in [1.29, 1.82) is 5.26 Å². The highest BCUT2D eigenvalue weighted by molar-refractivity contribution is 6.31. The minimum atomic E-state index is -2.00. The van der Waals surface area contributed by atoms with E-state index in [9.17, 15) is 20.3 Å². The van der Waals surface area contributed by atoms with Crippen LogP contribution in [0.1, 0.15) is 56.1 Å². The number of rotatable bonds is 5. The maximum absolute atomic E-state index is 15.5. The lowest BCUT2D eigenvalue weighted by Gasteiger charge is -2.46. The van der Waals surface area contributed by atoms with E-state index in [0.29, 0.717) is 12.8 Å². The molecule has 1 saturated carbocycles. The molecule has 4 rings (SSSR count). The fourth-order valence-corrected chi connectivity index (χ4v) is 6.48. The Kier molecular flexibility index (Phi) is 7.14. The summed E-state index contributed by atoms with van der Waals surface area (Å²) in [6.07, 6.45) is 4.09. The molecule has 9 heteroatoms. The number of hydrogen-bond acceptors (Lipinski definition) is 4. The van der Waals surface area contributed by atoms with Crippen molar-refractivity contribution in [3.05, 3.63) is 69.2 Å². The van der Waals surface area contributed by atoms with Crippen molar-refractivity contribution in [3.8, 4) is 6.07 Å². The number of nitrogens with zero attached hydrogens (tertiary/aromatic N) is 1. The Morgan fingerprint density at radius 3 is 2.49 bits per heavy atom. The first-order chi connectivity index (χ1) is 16.6. The van der Waals surface area contributed by atoms with Gasteiger partial charge in [-0.3, -0.25) is 10.1 Å². The molecule has 1 heterocycles. The van der Waals surface area contributed by atoms with Gasteiger partial charge in [0.15, 0.2) is 0 Å². The highest BCUT2D eigenvalue weighted by Crippen LogP contribution is 2.54. The average Bonchev–Trinajstić information content (AvgIpc) is 3.18. The third-order valence-corrected chi connectivity index (χ3v) is 8.31. The van der Waals surface area contributed by atoms with Gasteiger partial charge in [0, 0.05) is 16.5 Å². The van der Waals surface area contributed by atoms with Crippen LogP contribution in [0, 0.1) is 28.9 Å². The van der Waals surface area contributed by atoms with E-state index in [1.54, 1.807) is 6.92 Å². The van der Waals surface area contributed by atoms with E-state index in [2.05, 4.69) is 11.4 Å². The van der Waals surface area contributed by atoms with E-state index in [1.807, 2.05) is 0 Å². The zero-order valence-electron chi connectivity index (χ0n) is 19.1. The SMILES string of the molecule is CC(O)(C1CCCCC1)[C@H]1N[C@@H](C(=O)O)[C@H](c2cccc(Cl)c2F)[C@@]1(C#N)c1ccc(Cl)cc1F. The van der Waals surface area contributed by atoms with Gasteiger partial charge in [-0.1, -0.05) is 60.7 Å². The van der Waals surface area contributed by atoms with Gasteiger partial charge >= 0.3 is 5.97 Å². The molecule has 1 unspecified atom stereocenters. The summed E-state index contributed by atoms with van der Waals surface area (Å²) in [5.41, 5.74) is -3.91. The van der Waals surface area contributed by atoms with Gasteiger partial charge in [-0.15, -0.1) is 0 Å². The number of nitriles is 1. The summed E-state index contributed by atoms with van der Waals surface area (Å²) in [5.74, 6) is -4.76. The second-order valence-electron chi connectivity index (χ2n) is 9.70. The molecule has 0 amide bonds. The molecule has 35 heavy (non-hydrogen) atoms. The van der Waals surface area contributed by atoms with Crippen LogP contribution in [0.15, 0.2) is 36.4 Å². The predicted octanol–water partition coefficient (Wildman–Crippen LogP) is 5.57. The maximum atomic E-state index is 15.5. The number of carboxylic acids is 1. The zero-order chi connectivity index (χ0) is 25.5. The van der Waals surface area contributed by atoms with Crippen molar-refractivity contribution >= 4 is 29.2 Å². The van der Waals surface area contributed by atoms with Crippen molar-refractivity contribution in [2.24, 2.45) is 5.92 Å². The van der Waals surface area contributed by atoms with E-state index in [-0.39, 0.29) is 27.1 Å². The fraction of sp³-hybridized carbons (Fsp3) is 0.462. The Bertz CT molecular complexity index is 1180. The molecule has 5 nitrogen and oxygen atoms in total. The molecule has 2 aliphatic rings. The Morgan fingerprint density at radius 1 is 1.20 bits per heavy atom. The van der Waals surface area contributed by atoms with Gasteiger partial charge < -0.3 is 10.2 Å². The van der Waals surface area contributed by atoms with Crippen LogP contribution >= 0.6 is 23.2 Å². The molecule has 186 valence electrons. The number of carboxylic acid groups (broad SMARTS) is 1. The monoisotopic (exact) mass is 522 g/mol. The lowest BCUT2D eigenvalue weighted by atomic mass is 9.59. The molecule has 0 radical (unpaired) electrons. The van der Waals surface area contributed by atoms with Gasteiger partial charge in [0.25, 0.3) is 0 Å². The summed E-state index contributed by atoms with van der Waals surface area (Å²) in [5, 5.41) is 35.6. The number of carbonyl (C=O) groups is 1. The standard InChI is InChI=1S/C26H26Cl2F2N2O3/c1-25(35,14-6-3-2-4-7-14)24-26(13-31,17-11-10-15(27)12-19(17)29)20(22(32-24)23(33)34)16-8-5-9-18(28)21(16)30/h5,8-12,14,20,22,24,32,35H,2-4,6-7H2,1H3,(H,33,34)/t20-,22+,24+,25?,26+/m0/s1. The van der Waals surface area contributed by atoms with E-state index in [0.717, 1.165) is 25.3 Å². The quantitative estimate of drug-likeness (QED) is 0.477. The summed E-state index contributed by atoms with van der Waals surface area (Å²) in [4.78, 5) is 12.5. The van der Waals surface area contributed by atoms with Gasteiger partial charge in [0.2, 0.25) is 0 Å². The number of nitrogens with one attached hydrogen (secondary N) is 1. The minimum absolute atomic E-state index is 0.0844. The van der Waals surface area contributed by atoms with Crippen LogP contribution in [0.3, 0.4) is 0 Å². The fourth-order valence-electron chi connectivity index (χ4n) is 6.14. The third kappa shape index (κ3) is 4.21. The number of benzene rings is 2. The van der Waals surface area contributed by atoms with E-state index >= 15 is 8.78 Å². The number of hydrogen-bond donors (Lipinski definition) is 3. The second-order valence-corrected chi connectivity index (χ2v) is 10.5. The third-order valence-electron chi connectivity index (χ3n) is 7.79. The van der Waals surface area contributed by atoms with Gasteiger partial charge in [0.1, 0.15) is 23.1 Å². The molecule has 3 N–H and O–H groups in total. The van der Waals surface area contributed by atoms with Crippen molar-refractivity contribution in [3.63, 3.8) is 0 Å². The first-order valence-electron chi connectivity index (χ1n) is 11.6. The van der Waals surface area contributed by atoms with Gasteiger partial charge in [-0.25, -0.2) is 8.78 Å². The Morgan fingerprint density at radius 2 is 1.89 bits per heavy atom. The molecule has 1 saturated heterocycles. The Labute approximate surface area is 212 Å². The lowest BCUT2D eigenvalue weighted by Crippen LogP contribution is -2.60. The summed E-state index contributed by atoms with van der Waals surface area (Å²) < 4.78 is 30.9. The van der Waals surface area contributed by atoms with Crippen LogP contribution in [0.4, 0.5) is 8.78 Å². The zero-order valence-corrected chi connectivity index (χ0v) is 20.6. The summed E-state index contributed by atoms with van der Waals surface area (Å²) in [7, 11) is 0. The molecule has 1 aliphatic heterocycles. The first-order valence-corrected chi connectivity index (χ1v) is 12.3. The average molecular weight is 523 g/mol. The van der Waals surface area contributed by atoms with Crippen molar-refractivity contribution < 1.29 is 23.8 Å². The normalized spacial score (nSPS) is 28.9. The van der Waals surface area contributed by atoms with Crippen LogP contribution in [0.2, 0.25) is 10.0 Å². The molecule has 5 atom stereocenters. The number of halogens is 4. The van der Waals surface area contributed by atoms with Crippen LogP contribution in [-0.4, -0.2) is 33.9 Å². The molecule has 0 spiro atoms. The van der Waals surface area contributed by atoms with Crippen LogP contribution in [-0.2, 0) is 10.2 Å². The smallest absolute Gasteiger partial charge is 0.321 e. The lowest BCUT2D eigenvalue weighted by molar-refractivity contribution is -0.139. The second kappa shape index (κ2) is 9.67. The topological polar surface area (TPSA) is 93.3 Å². The van der Waals surface area contributed by atoms with Gasteiger partial charge in [-0.2, -0.15) is 5.26 Å².